The third kappa shape index (κ3) is 6.12. The van der Waals surface area contributed by atoms with Gasteiger partial charge in [-0.15, -0.1) is 22.0 Å². The van der Waals surface area contributed by atoms with Crippen molar-refractivity contribution in [3.05, 3.63) is 66.0 Å². The van der Waals surface area contributed by atoms with Gasteiger partial charge in [-0.1, -0.05) is 53.4 Å². The van der Waals surface area contributed by atoms with Crippen LogP contribution in [0.5, 0.6) is 0 Å². The van der Waals surface area contributed by atoms with Crippen molar-refractivity contribution in [1.29, 1.82) is 0 Å². The molecule has 26 heavy (non-hydrogen) atoms. The molecule has 0 spiro atoms. The molecular formula is C18H16FN3OS3. The number of nitrogens with one attached hydrogen (secondary N) is 1. The van der Waals surface area contributed by atoms with Gasteiger partial charge >= 0.3 is 0 Å². The van der Waals surface area contributed by atoms with Crippen molar-refractivity contribution in [3.8, 4) is 0 Å². The van der Waals surface area contributed by atoms with Crippen LogP contribution in [0.25, 0.3) is 0 Å². The Labute approximate surface area is 163 Å². The van der Waals surface area contributed by atoms with Crippen LogP contribution in [-0.4, -0.2) is 21.9 Å². The molecule has 1 N–H and O–H groups in total. The van der Waals surface area contributed by atoms with Gasteiger partial charge in [0.15, 0.2) is 4.34 Å². The number of carbonyl (C=O) groups is 1. The van der Waals surface area contributed by atoms with Gasteiger partial charge in [0.2, 0.25) is 11.0 Å². The molecule has 8 heteroatoms. The normalized spacial score (nSPS) is 10.7. The Bertz CT molecular complexity index is 840. The lowest BCUT2D eigenvalue weighted by atomic mass is 10.2. The molecule has 1 aromatic heterocycles. The highest BCUT2D eigenvalue weighted by Crippen LogP contribution is 2.28. The van der Waals surface area contributed by atoms with E-state index in [-0.39, 0.29) is 11.7 Å². The fourth-order valence-corrected chi connectivity index (χ4v) is 4.60. The van der Waals surface area contributed by atoms with Gasteiger partial charge in [-0.3, -0.25) is 4.79 Å². The molecule has 0 aliphatic heterocycles. The summed E-state index contributed by atoms with van der Waals surface area (Å²) >= 11 is 4.50. The highest BCUT2D eigenvalue weighted by Gasteiger charge is 2.09. The van der Waals surface area contributed by atoms with Crippen molar-refractivity contribution < 1.29 is 9.18 Å². The maximum atomic E-state index is 12.9. The molecule has 0 radical (unpaired) electrons. The van der Waals surface area contributed by atoms with E-state index in [1.807, 2.05) is 30.3 Å². The van der Waals surface area contributed by atoms with E-state index in [1.54, 1.807) is 23.9 Å². The molecule has 0 bridgehead atoms. The average Bonchev–Trinajstić information content (AvgIpc) is 3.09. The largest absolute Gasteiger partial charge is 0.300 e. The first-order valence-corrected chi connectivity index (χ1v) is 10.7. The summed E-state index contributed by atoms with van der Waals surface area (Å²) in [5, 5.41) is 11.4. The second kappa shape index (κ2) is 9.70. The van der Waals surface area contributed by atoms with E-state index in [2.05, 4.69) is 15.5 Å². The van der Waals surface area contributed by atoms with Gasteiger partial charge in [-0.2, -0.15) is 0 Å². The Morgan fingerprint density at radius 3 is 2.58 bits per heavy atom. The lowest BCUT2D eigenvalue weighted by molar-refractivity contribution is -0.115. The molecular weight excluding hydrogens is 389 g/mol. The highest BCUT2D eigenvalue weighted by atomic mass is 32.2. The molecule has 4 nitrogen and oxygen atoms in total. The van der Waals surface area contributed by atoms with Gasteiger partial charge in [0.05, 0.1) is 0 Å². The maximum Gasteiger partial charge on any atom is 0.227 e. The van der Waals surface area contributed by atoms with Gasteiger partial charge in [-0.05, 0) is 29.8 Å². The Hall–Kier alpha value is -1.90. The van der Waals surface area contributed by atoms with Gasteiger partial charge in [-0.25, -0.2) is 4.39 Å². The second-order valence-electron chi connectivity index (χ2n) is 5.25. The fraction of sp³-hybridized carbons (Fsp3) is 0.167. The van der Waals surface area contributed by atoms with E-state index < -0.39 is 0 Å². The van der Waals surface area contributed by atoms with Gasteiger partial charge in [0, 0.05) is 22.8 Å². The van der Waals surface area contributed by atoms with Crippen LogP contribution in [0.4, 0.5) is 9.52 Å². The molecule has 3 rings (SSSR count). The first-order valence-electron chi connectivity index (χ1n) is 7.87. The smallest absolute Gasteiger partial charge is 0.227 e. The molecule has 0 saturated carbocycles. The Balaban J connectivity index is 1.41. The third-order valence-corrected chi connectivity index (χ3v) is 6.33. The number of benzene rings is 2. The standard InChI is InChI=1S/C18H16FN3OS3/c19-14-8-6-13(7-9-14)12-25-18-22-21-17(26-18)20-16(23)10-11-24-15-4-2-1-3-5-15/h1-9H,10-12H2,(H,20,21,23). The molecule has 0 atom stereocenters. The van der Waals surface area contributed by atoms with Gasteiger partial charge in [0.25, 0.3) is 0 Å². The van der Waals surface area contributed by atoms with Gasteiger partial charge in [0.1, 0.15) is 5.82 Å². The molecule has 1 amide bonds. The number of aromatic nitrogens is 2. The molecule has 0 saturated heterocycles. The fourth-order valence-electron chi connectivity index (χ4n) is 2.00. The zero-order valence-electron chi connectivity index (χ0n) is 13.7. The molecule has 2 aromatic carbocycles. The van der Waals surface area contributed by atoms with E-state index in [0.717, 1.165) is 14.8 Å². The van der Waals surface area contributed by atoms with Crippen molar-refractivity contribution in [2.75, 3.05) is 11.1 Å². The van der Waals surface area contributed by atoms with E-state index >= 15 is 0 Å². The van der Waals surface area contributed by atoms with Crippen molar-refractivity contribution >= 4 is 45.9 Å². The number of nitrogens with zero attached hydrogens (tertiary/aromatic N) is 2. The summed E-state index contributed by atoms with van der Waals surface area (Å²) < 4.78 is 13.7. The van der Waals surface area contributed by atoms with Crippen molar-refractivity contribution in [2.24, 2.45) is 0 Å². The minimum atomic E-state index is -0.245. The summed E-state index contributed by atoms with van der Waals surface area (Å²) in [5.41, 5.74) is 1.01. The van der Waals surface area contributed by atoms with Crippen LogP contribution in [0, 0.1) is 5.82 Å². The summed E-state index contributed by atoms with van der Waals surface area (Å²) in [4.78, 5) is 13.1. The van der Waals surface area contributed by atoms with Crippen molar-refractivity contribution in [3.63, 3.8) is 0 Å². The highest BCUT2D eigenvalue weighted by molar-refractivity contribution is 8.00. The number of halogens is 1. The second-order valence-corrected chi connectivity index (χ2v) is 8.62. The quantitative estimate of drug-likeness (QED) is 0.418. The monoisotopic (exact) mass is 405 g/mol. The SMILES string of the molecule is O=C(CCSc1ccccc1)Nc1nnc(SCc2ccc(F)cc2)s1. The summed E-state index contributed by atoms with van der Waals surface area (Å²) in [7, 11) is 0. The molecule has 134 valence electrons. The first-order chi connectivity index (χ1) is 12.7. The maximum absolute atomic E-state index is 12.9. The molecule has 0 unspecified atom stereocenters. The number of rotatable bonds is 8. The summed E-state index contributed by atoms with van der Waals surface area (Å²) in [6.45, 7) is 0. The van der Waals surface area contributed by atoms with E-state index in [1.165, 1.54) is 35.2 Å². The minimum absolute atomic E-state index is 0.0698. The van der Waals surface area contributed by atoms with Crippen LogP contribution in [0.2, 0.25) is 0 Å². The Kier molecular flexibility index (Phi) is 7.04. The summed E-state index contributed by atoms with van der Waals surface area (Å²) in [5.74, 6) is 1.07. The van der Waals surface area contributed by atoms with Crippen LogP contribution in [0.1, 0.15) is 12.0 Å². The lowest BCUT2D eigenvalue weighted by Crippen LogP contribution is -2.11. The predicted molar refractivity (Wildman–Crippen MR) is 106 cm³/mol. The first kappa shape index (κ1) is 18.9. The van der Waals surface area contributed by atoms with Crippen LogP contribution in [-0.2, 0) is 10.5 Å². The lowest BCUT2D eigenvalue weighted by Gasteiger charge is -2.01. The number of carbonyl (C=O) groups excluding carboxylic acids is 1. The zero-order valence-corrected chi connectivity index (χ0v) is 16.2. The Morgan fingerprint density at radius 2 is 1.81 bits per heavy atom. The molecule has 3 aromatic rings. The van der Waals surface area contributed by atoms with Crippen LogP contribution in [0.15, 0.2) is 63.8 Å². The van der Waals surface area contributed by atoms with Gasteiger partial charge < -0.3 is 5.32 Å². The molecule has 0 aliphatic rings. The number of hydrogen-bond acceptors (Lipinski definition) is 6. The third-order valence-electron chi connectivity index (χ3n) is 3.27. The topological polar surface area (TPSA) is 54.9 Å². The van der Waals surface area contributed by atoms with Crippen molar-refractivity contribution in [2.45, 2.75) is 21.4 Å². The number of hydrogen-bond donors (Lipinski definition) is 1. The number of anilines is 1. The Morgan fingerprint density at radius 1 is 1.04 bits per heavy atom. The van der Waals surface area contributed by atoms with Crippen LogP contribution in [0.3, 0.4) is 0 Å². The molecule has 0 fully saturated rings. The minimum Gasteiger partial charge on any atom is -0.300 e. The zero-order chi connectivity index (χ0) is 18.2. The van der Waals surface area contributed by atoms with E-state index in [0.29, 0.717) is 23.1 Å². The van der Waals surface area contributed by atoms with Crippen LogP contribution >= 0.6 is 34.9 Å². The average molecular weight is 406 g/mol. The predicted octanol–water partition coefficient (Wildman–Crippen LogP) is 5.09. The van der Waals surface area contributed by atoms with Crippen LogP contribution < -0.4 is 5.32 Å². The van der Waals surface area contributed by atoms with E-state index in [4.69, 9.17) is 0 Å². The molecule has 1 heterocycles. The summed E-state index contributed by atoms with van der Waals surface area (Å²) in [6, 6.07) is 16.4. The van der Waals surface area contributed by atoms with E-state index in [9.17, 15) is 9.18 Å². The molecule has 0 aliphatic carbocycles. The summed E-state index contributed by atoms with van der Waals surface area (Å²) in [6.07, 6.45) is 0.414. The number of amides is 1. The number of thioether (sulfide) groups is 2. The van der Waals surface area contributed by atoms with Crippen molar-refractivity contribution in [1.82, 2.24) is 10.2 Å².